The van der Waals surface area contributed by atoms with Crippen molar-refractivity contribution in [3.05, 3.63) is 29.8 Å². The molecule has 63 valence electrons. The van der Waals surface area contributed by atoms with Crippen molar-refractivity contribution in [1.29, 1.82) is 0 Å². The van der Waals surface area contributed by atoms with Gasteiger partial charge in [0, 0.05) is 0 Å². The minimum absolute atomic E-state index is 0.477. The van der Waals surface area contributed by atoms with Gasteiger partial charge in [0.05, 0.1) is 0 Å². The van der Waals surface area contributed by atoms with Gasteiger partial charge in [-0.25, -0.2) is 0 Å². The molecular weight excluding hydrogens is 280 g/mol. The molecule has 0 aromatic heterocycles. The van der Waals surface area contributed by atoms with Gasteiger partial charge in [-0.2, -0.15) is 0 Å². The van der Waals surface area contributed by atoms with Crippen LogP contribution in [0.2, 0.25) is 5.82 Å². The molecule has 0 heterocycles. The van der Waals surface area contributed by atoms with Crippen molar-refractivity contribution in [2.75, 3.05) is 0 Å². The van der Waals surface area contributed by atoms with Crippen molar-refractivity contribution in [3.63, 3.8) is 0 Å². The van der Waals surface area contributed by atoms with Crippen molar-refractivity contribution in [1.82, 2.24) is 0 Å². The summed E-state index contributed by atoms with van der Waals surface area (Å²) in [6.45, 7) is 2.08. The fourth-order valence-electron chi connectivity index (χ4n) is 0.770. The van der Waals surface area contributed by atoms with Crippen LogP contribution in [0.3, 0.4) is 0 Å². The van der Waals surface area contributed by atoms with Crippen LogP contribution >= 0.6 is 0 Å². The molecule has 12 heavy (non-hydrogen) atoms. The Morgan fingerprint density at radius 3 is 2.42 bits per heavy atom. The van der Waals surface area contributed by atoms with Crippen LogP contribution < -0.4 is 0 Å². The standard InChI is InChI=1S/C9H10NSe2/c1-7-3-5-8(6-4-7)10-9(11)12-2/h3-6H,1-2H3. The molecule has 0 aliphatic rings. The Morgan fingerprint density at radius 1 is 1.33 bits per heavy atom. The van der Waals surface area contributed by atoms with Gasteiger partial charge in [0.25, 0.3) is 0 Å². The van der Waals surface area contributed by atoms with Gasteiger partial charge in [-0.3, -0.25) is 0 Å². The van der Waals surface area contributed by atoms with Crippen molar-refractivity contribution >= 4 is 40.2 Å². The van der Waals surface area contributed by atoms with E-state index in [4.69, 9.17) is 0 Å². The zero-order valence-electron chi connectivity index (χ0n) is 7.07. The van der Waals surface area contributed by atoms with Crippen molar-refractivity contribution in [3.8, 4) is 0 Å². The molecule has 0 fully saturated rings. The van der Waals surface area contributed by atoms with Gasteiger partial charge in [-0.15, -0.1) is 0 Å². The van der Waals surface area contributed by atoms with Crippen LogP contribution in [0.5, 0.6) is 0 Å². The zero-order chi connectivity index (χ0) is 8.97. The first-order valence-corrected chi connectivity index (χ1v) is 7.01. The first kappa shape index (κ1) is 10.0. The summed E-state index contributed by atoms with van der Waals surface area (Å²) in [6, 6.07) is 8.24. The Hall–Kier alpha value is -0.0710. The van der Waals surface area contributed by atoms with E-state index in [-0.39, 0.29) is 0 Å². The molecule has 0 atom stereocenters. The van der Waals surface area contributed by atoms with Crippen LogP contribution in [0, 0.1) is 6.92 Å². The van der Waals surface area contributed by atoms with Crippen LogP contribution in [-0.2, 0) is 0 Å². The normalized spacial score (nSPS) is 11.7. The van der Waals surface area contributed by atoms with Gasteiger partial charge in [0.1, 0.15) is 0 Å². The molecule has 1 radical (unpaired) electrons. The molecule has 0 bridgehead atoms. The third kappa shape index (κ3) is 3.12. The fourth-order valence-corrected chi connectivity index (χ4v) is 1.40. The van der Waals surface area contributed by atoms with E-state index in [1.807, 2.05) is 12.1 Å². The van der Waals surface area contributed by atoms with Gasteiger partial charge in [-0.05, 0) is 0 Å². The number of rotatable bonds is 2. The van der Waals surface area contributed by atoms with Crippen LogP contribution in [0.1, 0.15) is 5.56 Å². The molecule has 1 aromatic rings. The van der Waals surface area contributed by atoms with E-state index in [0.717, 1.165) is 9.20 Å². The maximum atomic E-state index is 4.41. The average Bonchev–Trinajstić information content (AvgIpc) is 2.09. The fraction of sp³-hybridized carbons (Fsp3) is 0.222. The first-order chi connectivity index (χ1) is 5.72. The molecule has 1 aromatic carbocycles. The molecule has 0 aliphatic heterocycles. The number of aliphatic imine (C=N–C) groups is 1. The topological polar surface area (TPSA) is 12.4 Å². The number of hydrogen-bond donors (Lipinski definition) is 0. The van der Waals surface area contributed by atoms with Crippen LogP contribution in [0.15, 0.2) is 29.3 Å². The first-order valence-electron chi connectivity index (χ1n) is 3.59. The van der Waals surface area contributed by atoms with Gasteiger partial charge in [0.2, 0.25) is 0 Å². The van der Waals surface area contributed by atoms with Crippen molar-refractivity contribution in [2.24, 2.45) is 4.99 Å². The Kier molecular flexibility index (Phi) is 4.03. The summed E-state index contributed by atoms with van der Waals surface area (Å²) < 4.78 is 1.12. The molecule has 3 heteroatoms. The van der Waals surface area contributed by atoms with Crippen LogP contribution in [0.4, 0.5) is 5.69 Å². The Balaban J connectivity index is 2.84. The Bertz CT molecular complexity index is 277. The quantitative estimate of drug-likeness (QED) is 0.583. The Morgan fingerprint density at radius 2 is 1.92 bits per heavy atom. The van der Waals surface area contributed by atoms with Gasteiger partial charge in [-0.1, -0.05) is 0 Å². The second-order valence-corrected chi connectivity index (χ2v) is 6.21. The SMILES string of the molecule is C[Se]C([Se])=Nc1ccc(C)cc1. The third-order valence-corrected chi connectivity index (χ3v) is 4.36. The van der Waals surface area contributed by atoms with Gasteiger partial charge in [0.15, 0.2) is 0 Å². The van der Waals surface area contributed by atoms with E-state index in [2.05, 4.69) is 45.9 Å². The summed E-state index contributed by atoms with van der Waals surface area (Å²) in [5.74, 6) is 2.15. The molecule has 0 unspecified atom stereocenters. The summed E-state index contributed by atoms with van der Waals surface area (Å²) in [6.07, 6.45) is 0. The van der Waals surface area contributed by atoms with Crippen LogP contribution in [0.25, 0.3) is 0 Å². The summed E-state index contributed by atoms with van der Waals surface area (Å²) in [7, 11) is 0. The van der Waals surface area contributed by atoms with Gasteiger partial charge >= 0.3 is 87.7 Å². The van der Waals surface area contributed by atoms with E-state index in [0.29, 0.717) is 15.0 Å². The predicted molar refractivity (Wildman–Crippen MR) is 55.6 cm³/mol. The van der Waals surface area contributed by atoms with E-state index >= 15 is 0 Å². The second kappa shape index (κ2) is 4.83. The molecule has 0 N–H and O–H groups in total. The van der Waals surface area contributed by atoms with Crippen molar-refractivity contribution < 1.29 is 0 Å². The second-order valence-electron chi connectivity index (χ2n) is 2.42. The van der Waals surface area contributed by atoms with Gasteiger partial charge < -0.3 is 0 Å². The molecule has 0 saturated carbocycles. The number of aryl methyl sites for hydroxylation is 1. The molecule has 0 saturated heterocycles. The minimum atomic E-state index is 0.477. The summed E-state index contributed by atoms with van der Waals surface area (Å²) in [5.41, 5.74) is 2.32. The summed E-state index contributed by atoms with van der Waals surface area (Å²) in [4.78, 5) is 4.41. The van der Waals surface area contributed by atoms with E-state index < -0.39 is 0 Å². The zero-order valence-corrected chi connectivity index (χ0v) is 10.5. The van der Waals surface area contributed by atoms with Crippen molar-refractivity contribution in [2.45, 2.75) is 12.7 Å². The van der Waals surface area contributed by atoms with E-state index in [1.54, 1.807) is 0 Å². The third-order valence-electron chi connectivity index (χ3n) is 1.43. The predicted octanol–water partition coefficient (Wildman–Crippen LogP) is 1.90. The number of nitrogens with zero attached hydrogens (tertiary/aromatic N) is 1. The summed E-state index contributed by atoms with van der Waals surface area (Å²) in [5, 5.41) is 0. The molecule has 0 spiro atoms. The number of hydrogen-bond acceptors (Lipinski definition) is 1. The monoisotopic (exact) mass is 292 g/mol. The Labute approximate surface area is 87.6 Å². The van der Waals surface area contributed by atoms with E-state index in [1.165, 1.54) is 5.56 Å². The van der Waals surface area contributed by atoms with E-state index in [9.17, 15) is 0 Å². The molecule has 1 rings (SSSR count). The summed E-state index contributed by atoms with van der Waals surface area (Å²) >= 11 is 3.44. The molecular formula is C9H10NSe2. The average molecular weight is 290 g/mol. The number of benzene rings is 1. The van der Waals surface area contributed by atoms with Crippen LogP contribution in [-0.4, -0.2) is 34.5 Å². The molecule has 1 nitrogen and oxygen atoms in total. The maximum absolute atomic E-state index is 4.41. The molecule has 0 amide bonds. The molecule has 0 aliphatic carbocycles.